The lowest BCUT2D eigenvalue weighted by molar-refractivity contribution is 0.593. The third-order valence-electron chi connectivity index (χ3n) is 3.01. The van der Waals surface area contributed by atoms with Crippen molar-refractivity contribution in [2.75, 3.05) is 31.3 Å². The second-order valence-corrected chi connectivity index (χ2v) is 5.14. The van der Waals surface area contributed by atoms with Crippen LogP contribution in [0.1, 0.15) is 6.42 Å². The molecule has 1 N–H and O–H groups in total. The molecule has 1 heterocycles. The molecule has 0 aromatic heterocycles. The van der Waals surface area contributed by atoms with Crippen molar-refractivity contribution in [3.63, 3.8) is 0 Å². The molecule has 1 unspecified atom stereocenters. The Morgan fingerprint density at radius 3 is 3.12 bits per heavy atom. The Morgan fingerprint density at radius 1 is 1.56 bits per heavy atom. The van der Waals surface area contributed by atoms with Crippen molar-refractivity contribution in [3.8, 4) is 0 Å². The maximum absolute atomic E-state index is 13.1. The van der Waals surface area contributed by atoms with Gasteiger partial charge in [-0.25, -0.2) is 4.39 Å². The monoisotopic (exact) mass is 240 g/mol. The van der Waals surface area contributed by atoms with Crippen LogP contribution in [0.5, 0.6) is 0 Å². The van der Waals surface area contributed by atoms with Crippen molar-refractivity contribution in [1.82, 2.24) is 5.32 Å². The summed E-state index contributed by atoms with van der Waals surface area (Å²) in [5.74, 6) is 0.891. The summed E-state index contributed by atoms with van der Waals surface area (Å²) in [5, 5.41) is 3.17. The first-order chi connectivity index (χ1) is 7.72. The average molecular weight is 240 g/mol. The van der Waals surface area contributed by atoms with Gasteiger partial charge in [0.15, 0.2) is 0 Å². The van der Waals surface area contributed by atoms with Gasteiger partial charge in [0, 0.05) is 23.7 Å². The maximum atomic E-state index is 13.1. The lowest BCUT2D eigenvalue weighted by atomic mass is 10.1. The standard InChI is InChI=1S/C12H17FN2S/c1-14-6-5-10-8-16-12-7-9(13)3-4-11(12)15(10)2/h3-4,7,10,14H,5-6,8H2,1-2H3. The van der Waals surface area contributed by atoms with Gasteiger partial charge in [0.1, 0.15) is 5.82 Å². The minimum absolute atomic E-state index is 0.145. The number of rotatable bonds is 3. The van der Waals surface area contributed by atoms with Crippen LogP contribution in [0, 0.1) is 5.82 Å². The molecule has 0 spiro atoms. The third-order valence-corrected chi connectivity index (χ3v) is 4.20. The first-order valence-electron chi connectivity index (χ1n) is 5.52. The molecule has 1 aromatic carbocycles. The number of hydrogen-bond acceptors (Lipinski definition) is 3. The largest absolute Gasteiger partial charge is 0.370 e. The number of anilines is 1. The van der Waals surface area contributed by atoms with Gasteiger partial charge in [0.2, 0.25) is 0 Å². The second-order valence-electron chi connectivity index (χ2n) is 4.08. The highest BCUT2D eigenvalue weighted by Gasteiger charge is 2.23. The normalized spacial score (nSPS) is 19.7. The molecule has 0 saturated heterocycles. The zero-order valence-corrected chi connectivity index (χ0v) is 10.5. The molecule has 0 radical (unpaired) electrons. The van der Waals surface area contributed by atoms with Crippen LogP contribution in [-0.4, -0.2) is 32.4 Å². The molecule has 0 fully saturated rings. The SMILES string of the molecule is CNCCC1CSc2cc(F)ccc2N1C. The summed E-state index contributed by atoms with van der Waals surface area (Å²) in [4.78, 5) is 3.33. The smallest absolute Gasteiger partial charge is 0.124 e. The van der Waals surface area contributed by atoms with Gasteiger partial charge in [0.25, 0.3) is 0 Å². The first kappa shape index (κ1) is 11.7. The van der Waals surface area contributed by atoms with Crippen LogP contribution in [0.2, 0.25) is 0 Å². The minimum atomic E-state index is -0.145. The van der Waals surface area contributed by atoms with Gasteiger partial charge >= 0.3 is 0 Å². The molecule has 4 heteroatoms. The Labute approximate surface area is 100 Å². The fourth-order valence-corrected chi connectivity index (χ4v) is 3.30. The number of hydrogen-bond donors (Lipinski definition) is 1. The Hall–Kier alpha value is -0.740. The van der Waals surface area contributed by atoms with Crippen LogP contribution < -0.4 is 10.2 Å². The molecule has 0 bridgehead atoms. The van der Waals surface area contributed by atoms with E-state index in [0.717, 1.165) is 29.3 Å². The molecule has 1 aliphatic heterocycles. The molecule has 2 rings (SSSR count). The van der Waals surface area contributed by atoms with E-state index in [1.54, 1.807) is 17.8 Å². The van der Waals surface area contributed by atoms with Crippen molar-refractivity contribution in [2.24, 2.45) is 0 Å². The molecule has 0 aliphatic carbocycles. The fraction of sp³-hybridized carbons (Fsp3) is 0.500. The summed E-state index contributed by atoms with van der Waals surface area (Å²) >= 11 is 1.76. The number of nitrogens with one attached hydrogen (secondary N) is 1. The van der Waals surface area contributed by atoms with Gasteiger partial charge in [0.05, 0.1) is 5.69 Å². The lowest BCUT2D eigenvalue weighted by Crippen LogP contribution is -2.38. The van der Waals surface area contributed by atoms with Crippen LogP contribution in [0.3, 0.4) is 0 Å². The van der Waals surface area contributed by atoms with Gasteiger partial charge < -0.3 is 10.2 Å². The van der Waals surface area contributed by atoms with E-state index in [0.29, 0.717) is 6.04 Å². The Kier molecular flexibility index (Phi) is 3.71. The fourth-order valence-electron chi connectivity index (χ4n) is 1.98. The van der Waals surface area contributed by atoms with Crippen molar-refractivity contribution < 1.29 is 4.39 Å². The Balaban J connectivity index is 2.15. The zero-order valence-electron chi connectivity index (χ0n) is 9.66. The van der Waals surface area contributed by atoms with E-state index in [1.807, 2.05) is 13.1 Å². The maximum Gasteiger partial charge on any atom is 0.124 e. The number of fused-ring (bicyclic) bond motifs is 1. The zero-order chi connectivity index (χ0) is 11.5. The third kappa shape index (κ3) is 2.33. The molecule has 1 aliphatic rings. The molecular formula is C12H17FN2S. The molecule has 88 valence electrons. The van der Waals surface area contributed by atoms with Gasteiger partial charge in [-0.3, -0.25) is 0 Å². The van der Waals surface area contributed by atoms with Crippen LogP contribution in [0.25, 0.3) is 0 Å². The molecule has 16 heavy (non-hydrogen) atoms. The van der Waals surface area contributed by atoms with Gasteiger partial charge in [-0.1, -0.05) is 0 Å². The number of thioether (sulfide) groups is 1. The van der Waals surface area contributed by atoms with Gasteiger partial charge in [-0.05, 0) is 38.2 Å². The van der Waals surface area contributed by atoms with E-state index in [4.69, 9.17) is 0 Å². The van der Waals surface area contributed by atoms with E-state index in [2.05, 4.69) is 17.3 Å². The summed E-state index contributed by atoms with van der Waals surface area (Å²) in [6.45, 7) is 1.02. The predicted octanol–water partition coefficient (Wildman–Crippen LogP) is 2.35. The molecular weight excluding hydrogens is 223 g/mol. The Morgan fingerprint density at radius 2 is 2.38 bits per heavy atom. The molecule has 1 aromatic rings. The van der Waals surface area contributed by atoms with Crippen LogP contribution in [0.4, 0.5) is 10.1 Å². The Bertz CT molecular complexity index is 370. The van der Waals surface area contributed by atoms with E-state index < -0.39 is 0 Å². The van der Waals surface area contributed by atoms with Crippen LogP contribution >= 0.6 is 11.8 Å². The van der Waals surface area contributed by atoms with Crippen molar-refractivity contribution in [2.45, 2.75) is 17.4 Å². The molecule has 0 saturated carbocycles. The van der Waals surface area contributed by atoms with Crippen LogP contribution in [0.15, 0.2) is 23.1 Å². The topological polar surface area (TPSA) is 15.3 Å². The summed E-state index contributed by atoms with van der Waals surface area (Å²) < 4.78 is 13.1. The summed E-state index contributed by atoms with van der Waals surface area (Å²) in [6, 6.07) is 5.58. The minimum Gasteiger partial charge on any atom is -0.370 e. The van der Waals surface area contributed by atoms with Crippen LogP contribution in [-0.2, 0) is 0 Å². The van der Waals surface area contributed by atoms with E-state index in [1.165, 1.54) is 6.07 Å². The predicted molar refractivity (Wildman–Crippen MR) is 67.9 cm³/mol. The molecule has 0 amide bonds. The summed E-state index contributed by atoms with van der Waals surface area (Å²) in [6.07, 6.45) is 1.12. The molecule has 2 nitrogen and oxygen atoms in total. The quantitative estimate of drug-likeness (QED) is 0.873. The average Bonchev–Trinajstić information content (AvgIpc) is 2.28. The van der Waals surface area contributed by atoms with E-state index in [-0.39, 0.29) is 5.82 Å². The van der Waals surface area contributed by atoms with Crippen molar-refractivity contribution in [3.05, 3.63) is 24.0 Å². The number of benzene rings is 1. The lowest BCUT2D eigenvalue weighted by Gasteiger charge is -2.35. The van der Waals surface area contributed by atoms with E-state index in [9.17, 15) is 4.39 Å². The summed E-state index contributed by atoms with van der Waals surface area (Å²) in [5.41, 5.74) is 1.15. The van der Waals surface area contributed by atoms with Gasteiger partial charge in [-0.15, -0.1) is 11.8 Å². The highest BCUT2D eigenvalue weighted by molar-refractivity contribution is 7.99. The van der Waals surface area contributed by atoms with Crippen molar-refractivity contribution >= 4 is 17.4 Å². The van der Waals surface area contributed by atoms with Crippen molar-refractivity contribution in [1.29, 1.82) is 0 Å². The highest BCUT2D eigenvalue weighted by Crippen LogP contribution is 2.37. The second kappa shape index (κ2) is 5.06. The number of halogens is 1. The highest BCUT2D eigenvalue weighted by atomic mass is 32.2. The van der Waals surface area contributed by atoms with Gasteiger partial charge in [-0.2, -0.15) is 0 Å². The molecule has 1 atom stereocenters. The number of nitrogens with zero attached hydrogens (tertiary/aromatic N) is 1. The van der Waals surface area contributed by atoms with E-state index >= 15 is 0 Å². The first-order valence-corrected chi connectivity index (χ1v) is 6.50. The summed E-state index contributed by atoms with van der Waals surface area (Å²) in [7, 11) is 4.07.